The van der Waals surface area contributed by atoms with Gasteiger partial charge in [0, 0.05) is 24.0 Å². The lowest BCUT2D eigenvalue weighted by Gasteiger charge is -2.45. The van der Waals surface area contributed by atoms with Gasteiger partial charge in [0.1, 0.15) is 0 Å². The summed E-state index contributed by atoms with van der Waals surface area (Å²) in [7, 11) is 1.65. The van der Waals surface area contributed by atoms with Gasteiger partial charge in [-0.3, -0.25) is 0 Å². The van der Waals surface area contributed by atoms with Crippen molar-refractivity contribution in [2.24, 2.45) is 10.8 Å². The van der Waals surface area contributed by atoms with E-state index in [2.05, 4.69) is 38.0 Å². The summed E-state index contributed by atoms with van der Waals surface area (Å²) in [6, 6.07) is 4.50. The number of nitrogens with one attached hydrogen (secondary N) is 1. The SMILES string of the molecule is COc1cc(NC2CC(C)(C)CC(C)(C)C2)ccn1. The van der Waals surface area contributed by atoms with Crippen LogP contribution < -0.4 is 10.1 Å². The Morgan fingerprint density at radius 3 is 2.42 bits per heavy atom. The lowest BCUT2D eigenvalue weighted by molar-refractivity contribution is 0.105. The largest absolute Gasteiger partial charge is 0.481 e. The second kappa shape index (κ2) is 5.03. The zero-order chi connectivity index (χ0) is 14.1. The van der Waals surface area contributed by atoms with Gasteiger partial charge < -0.3 is 10.1 Å². The molecule has 1 aromatic rings. The summed E-state index contributed by atoms with van der Waals surface area (Å²) in [6.07, 6.45) is 5.50. The maximum absolute atomic E-state index is 5.17. The highest BCUT2D eigenvalue weighted by Crippen LogP contribution is 2.46. The Morgan fingerprint density at radius 2 is 1.84 bits per heavy atom. The van der Waals surface area contributed by atoms with Gasteiger partial charge in [-0.15, -0.1) is 0 Å². The zero-order valence-electron chi connectivity index (χ0n) is 12.8. The van der Waals surface area contributed by atoms with Gasteiger partial charge in [0.05, 0.1) is 7.11 Å². The second-order valence-corrected chi connectivity index (χ2v) is 7.34. The van der Waals surface area contributed by atoms with Crippen LogP contribution in [0.25, 0.3) is 0 Å². The van der Waals surface area contributed by atoms with Gasteiger partial charge in [0.25, 0.3) is 0 Å². The first-order valence-corrected chi connectivity index (χ1v) is 7.06. The number of ether oxygens (including phenoxy) is 1. The number of hydrogen-bond acceptors (Lipinski definition) is 3. The molecule has 3 nitrogen and oxygen atoms in total. The summed E-state index contributed by atoms with van der Waals surface area (Å²) in [5.41, 5.74) is 1.90. The summed E-state index contributed by atoms with van der Waals surface area (Å²) >= 11 is 0. The Kier molecular flexibility index (Phi) is 3.75. The molecule has 1 aliphatic rings. The first-order chi connectivity index (χ1) is 8.80. The molecule has 2 rings (SSSR count). The molecule has 1 fully saturated rings. The van der Waals surface area contributed by atoms with E-state index < -0.39 is 0 Å². The summed E-state index contributed by atoms with van der Waals surface area (Å²) < 4.78 is 5.17. The van der Waals surface area contributed by atoms with Crippen molar-refractivity contribution in [2.75, 3.05) is 12.4 Å². The number of rotatable bonds is 3. The minimum Gasteiger partial charge on any atom is -0.481 e. The van der Waals surface area contributed by atoms with Gasteiger partial charge >= 0.3 is 0 Å². The fourth-order valence-corrected chi connectivity index (χ4v) is 3.79. The number of hydrogen-bond donors (Lipinski definition) is 1. The van der Waals surface area contributed by atoms with E-state index in [1.165, 1.54) is 19.3 Å². The molecule has 1 aliphatic carbocycles. The first kappa shape index (κ1) is 14.2. The van der Waals surface area contributed by atoms with Crippen molar-refractivity contribution in [3.05, 3.63) is 18.3 Å². The maximum atomic E-state index is 5.17. The summed E-state index contributed by atoms with van der Waals surface area (Å²) in [4.78, 5) is 4.15. The van der Waals surface area contributed by atoms with Gasteiger partial charge in [-0.25, -0.2) is 4.98 Å². The van der Waals surface area contributed by atoms with E-state index >= 15 is 0 Å². The van der Waals surface area contributed by atoms with E-state index in [9.17, 15) is 0 Å². The van der Waals surface area contributed by atoms with Gasteiger partial charge in [-0.1, -0.05) is 27.7 Å². The maximum Gasteiger partial charge on any atom is 0.214 e. The monoisotopic (exact) mass is 262 g/mol. The number of nitrogens with zero attached hydrogens (tertiary/aromatic N) is 1. The summed E-state index contributed by atoms with van der Waals surface area (Å²) in [6.45, 7) is 9.48. The molecule has 0 bridgehead atoms. The quantitative estimate of drug-likeness (QED) is 0.890. The summed E-state index contributed by atoms with van der Waals surface area (Å²) in [5, 5.41) is 3.65. The van der Waals surface area contributed by atoms with Crippen LogP contribution in [0.15, 0.2) is 18.3 Å². The van der Waals surface area contributed by atoms with Crippen LogP contribution >= 0.6 is 0 Å². The highest BCUT2D eigenvalue weighted by Gasteiger charge is 2.38. The average molecular weight is 262 g/mol. The van der Waals surface area contributed by atoms with E-state index in [0.717, 1.165) is 5.69 Å². The molecule has 0 amide bonds. The Labute approximate surface area is 116 Å². The molecule has 0 aliphatic heterocycles. The molecule has 1 aromatic heterocycles. The van der Waals surface area contributed by atoms with E-state index in [1.807, 2.05) is 12.1 Å². The molecule has 3 heteroatoms. The molecule has 0 saturated heterocycles. The Hall–Kier alpha value is -1.25. The van der Waals surface area contributed by atoms with Crippen molar-refractivity contribution in [3.8, 4) is 5.88 Å². The fraction of sp³-hybridized carbons (Fsp3) is 0.688. The van der Waals surface area contributed by atoms with Crippen LogP contribution in [0, 0.1) is 10.8 Å². The normalized spacial score (nSPS) is 21.9. The van der Waals surface area contributed by atoms with Gasteiger partial charge in [0.2, 0.25) is 5.88 Å². The molecule has 106 valence electrons. The van der Waals surface area contributed by atoms with Crippen molar-refractivity contribution >= 4 is 5.69 Å². The second-order valence-electron chi connectivity index (χ2n) is 7.34. The van der Waals surface area contributed by atoms with E-state index in [1.54, 1.807) is 13.3 Å². The molecule has 1 N–H and O–H groups in total. The lowest BCUT2D eigenvalue weighted by Crippen LogP contribution is -2.40. The predicted molar refractivity (Wildman–Crippen MR) is 79.6 cm³/mol. The van der Waals surface area contributed by atoms with Crippen molar-refractivity contribution in [2.45, 2.75) is 53.0 Å². The van der Waals surface area contributed by atoms with Crippen LogP contribution in [0.2, 0.25) is 0 Å². The molecule has 0 spiro atoms. The first-order valence-electron chi connectivity index (χ1n) is 7.06. The van der Waals surface area contributed by atoms with Gasteiger partial charge in [-0.05, 0) is 36.2 Å². The van der Waals surface area contributed by atoms with Crippen LogP contribution in [0.3, 0.4) is 0 Å². The molecule has 1 saturated carbocycles. The van der Waals surface area contributed by atoms with Crippen molar-refractivity contribution in [1.29, 1.82) is 0 Å². The number of pyridine rings is 1. The molecule has 0 unspecified atom stereocenters. The third-order valence-corrected chi connectivity index (χ3v) is 3.87. The van der Waals surface area contributed by atoms with Crippen LogP contribution in [0.5, 0.6) is 5.88 Å². The Balaban J connectivity index is 2.09. The highest BCUT2D eigenvalue weighted by molar-refractivity contribution is 5.46. The minimum absolute atomic E-state index is 0.399. The molecule has 0 atom stereocenters. The van der Waals surface area contributed by atoms with Crippen LogP contribution in [-0.4, -0.2) is 18.1 Å². The third kappa shape index (κ3) is 3.85. The van der Waals surface area contributed by atoms with Crippen LogP contribution in [0.1, 0.15) is 47.0 Å². The molecule has 0 radical (unpaired) electrons. The Bertz CT molecular complexity index is 424. The predicted octanol–water partition coefficient (Wildman–Crippen LogP) is 4.11. The molecule has 19 heavy (non-hydrogen) atoms. The van der Waals surface area contributed by atoms with Crippen molar-refractivity contribution in [1.82, 2.24) is 4.98 Å². The van der Waals surface area contributed by atoms with Crippen molar-refractivity contribution < 1.29 is 4.74 Å². The van der Waals surface area contributed by atoms with E-state index in [4.69, 9.17) is 4.74 Å². The van der Waals surface area contributed by atoms with Crippen LogP contribution in [0.4, 0.5) is 5.69 Å². The fourth-order valence-electron chi connectivity index (χ4n) is 3.79. The number of methoxy groups -OCH3 is 1. The van der Waals surface area contributed by atoms with Gasteiger partial charge in [0.15, 0.2) is 0 Å². The smallest absolute Gasteiger partial charge is 0.214 e. The molecular formula is C16H26N2O. The lowest BCUT2D eigenvalue weighted by atomic mass is 9.63. The zero-order valence-corrected chi connectivity index (χ0v) is 12.8. The minimum atomic E-state index is 0.399. The summed E-state index contributed by atoms with van der Waals surface area (Å²) in [5.74, 6) is 0.666. The molecule has 0 aromatic carbocycles. The average Bonchev–Trinajstić information content (AvgIpc) is 2.24. The van der Waals surface area contributed by atoms with Crippen LogP contribution in [-0.2, 0) is 0 Å². The van der Waals surface area contributed by atoms with E-state index in [0.29, 0.717) is 22.8 Å². The van der Waals surface area contributed by atoms with Gasteiger partial charge in [-0.2, -0.15) is 0 Å². The third-order valence-electron chi connectivity index (χ3n) is 3.87. The van der Waals surface area contributed by atoms with Crippen molar-refractivity contribution in [3.63, 3.8) is 0 Å². The van der Waals surface area contributed by atoms with E-state index in [-0.39, 0.29) is 0 Å². The highest BCUT2D eigenvalue weighted by atomic mass is 16.5. The molecular weight excluding hydrogens is 236 g/mol. The standard InChI is InChI=1S/C16H26N2O/c1-15(2)9-13(10-16(3,4)11-15)18-12-6-7-17-14(8-12)19-5/h6-8,13H,9-11H2,1-5H3,(H,17,18). The topological polar surface area (TPSA) is 34.1 Å². The number of aromatic nitrogens is 1. The molecule has 1 heterocycles. The number of anilines is 1. The Morgan fingerprint density at radius 1 is 1.21 bits per heavy atom.